The molecule has 0 radical (unpaired) electrons. The quantitative estimate of drug-likeness (QED) is 0.891. The van der Waals surface area contributed by atoms with Gasteiger partial charge in [0.15, 0.2) is 5.82 Å². The normalized spacial score (nSPS) is 12.8. The molecule has 0 fully saturated rings. The molecular formula is C12H9N3O2S. The maximum Gasteiger partial charge on any atom is 0.323 e. The minimum atomic E-state index is -0.895. The third-order valence-corrected chi connectivity index (χ3v) is 3.60. The average molecular weight is 259 g/mol. The van der Waals surface area contributed by atoms with Gasteiger partial charge < -0.3 is 10.0 Å². The van der Waals surface area contributed by atoms with Crippen molar-refractivity contribution in [3.8, 4) is 0 Å². The fourth-order valence-electron chi connectivity index (χ4n) is 1.86. The molecule has 5 nitrogen and oxygen atoms in total. The first-order valence-electron chi connectivity index (χ1n) is 5.33. The lowest BCUT2D eigenvalue weighted by molar-refractivity contribution is -0.135. The molecule has 90 valence electrons. The van der Waals surface area contributed by atoms with Crippen LogP contribution in [0.1, 0.15) is 0 Å². The van der Waals surface area contributed by atoms with Crippen molar-refractivity contribution in [2.75, 3.05) is 11.4 Å². The molecule has 2 aromatic rings. The summed E-state index contributed by atoms with van der Waals surface area (Å²) in [5.41, 5.74) is 0.859. The van der Waals surface area contributed by atoms with Crippen molar-refractivity contribution < 1.29 is 9.90 Å². The zero-order valence-electron chi connectivity index (χ0n) is 9.28. The Bertz CT molecular complexity index is 572. The molecule has 1 aromatic carbocycles. The number of rotatable bonds is 2. The Morgan fingerprint density at radius 3 is 2.89 bits per heavy atom. The monoisotopic (exact) mass is 259 g/mol. The fraction of sp³-hybridized carbons (Fsp3) is 0.0833. The minimum absolute atomic E-state index is 0.122. The lowest BCUT2D eigenvalue weighted by atomic mass is 10.2. The predicted octanol–water partition coefficient (Wildman–Crippen LogP) is 2.16. The largest absolute Gasteiger partial charge is 0.480 e. The molecule has 0 aliphatic carbocycles. The van der Waals surface area contributed by atoms with Crippen molar-refractivity contribution in [3.63, 3.8) is 0 Å². The van der Waals surface area contributed by atoms with Crippen LogP contribution >= 0.6 is 11.8 Å². The van der Waals surface area contributed by atoms with Crippen LogP contribution in [-0.2, 0) is 4.79 Å². The minimum Gasteiger partial charge on any atom is -0.480 e. The maximum absolute atomic E-state index is 11.0. The van der Waals surface area contributed by atoms with Gasteiger partial charge in [0, 0.05) is 17.3 Å². The summed E-state index contributed by atoms with van der Waals surface area (Å²) >= 11 is 1.51. The lowest BCUT2D eigenvalue weighted by Gasteiger charge is -2.29. The number of hydrogen-bond donors (Lipinski definition) is 1. The zero-order chi connectivity index (χ0) is 12.5. The number of nitrogens with zero attached hydrogens (tertiary/aromatic N) is 3. The Labute approximate surface area is 107 Å². The number of carboxylic acid groups (broad SMARTS) is 1. The van der Waals surface area contributed by atoms with Gasteiger partial charge in [0.1, 0.15) is 11.6 Å². The second kappa shape index (κ2) is 4.30. The molecule has 1 aliphatic heterocycles. The van der Waals surface area contributed by atoms with E-state index in [-0.39, 0.29) is 6.54 Å². The van der Waals surface area contributed by atoms with Crippen molar-refractivity contribution in [2.24, 2.45) is 0 Å². The molecule has 0 saturated carbocycles. The van der Waals surface area contributed by atoms with Gasteiger partial charge in [-0.2, -0.15) is 0 Å². The molecule has 6 heteroatoms. The first-order chi connectivity index (χ1) is 8.75. The molecule has 1 aliphatic rings. The summed E-state index contributed by atoms with van der Waals surface area (Å²) in [7, 11) is 0. The van der Waals surface area contributed by atoms with Gasteiger partial charge in [0.05, 0.1) is 5.69 Å². The van der Waals surface area contributed by atoms with Crippen LogP contribution in [0, 0.1) is 0 Å². The number of hydrogen-bond acceptors (Lipinski definition) is 5. The number of para-hydroxylation sites is 1. The van der Waals surface area contributed by atoms with Gasteiger partial charge in [-0.25, -0.2) is 9.97 Å². The summed E-state index contributed by atoms with van der Waals surface area (Å²) in [5, 5.41) is 9.75. The molecular weight excluding hydrogens is 250 g/mol. The Hall–Kier alpha value is -2.08. The van der Waals surface area contributed by atoms with Gasteiger partial charge in [-0.05, 0) is 12.1 Å². The van der Waals surface area contributed by atoms with Crippen LogP contribution in [0.2, 0.25) is 0 Å². The second-order valence-corrected chi connectivity index (χ2v) is 4.77. The number of fused-ring (bicyclic) bond motifs is 2. The highest BCUT2D eigenvalue weighted by molar-refractivity contribution is 7.99. The number of carboxylic acids is 1. The van der Waals surface area contributed by atoms with Crippen LogP contribution in [0.4, 0.5) is 11.5 Å². The molecule has 0 saturated heterocycles. The van der Waals surface area contributed by atoms with Crippen molar-refractivity contribution in [1.29, 1.82) is 0 Å². The van der Waals surface area contributed by atoms with E-state index in [1.165, 1.54) is 11.8 Å². The average Bonchev–Trinajstić information content (AvgIpc) is 2.38. The highest BCUT2D eigenvalue weighted by Gasteiger charge is 2.26. The van der Waals surface area contributed by atoms with Gasteiger partial charge in [-0.15, -0.1) is 0 Å². The van der Waals surface area contributed by atoms with Crippen molar-refractivity contribution in [1.82, 2.24) is 9.97 Å². The number of aliphatic carboxylic acids is 1. The van der Waals surface area contributed by atoms with E-state index in [4.69, 9.17) is 5.11 Å². The van der Waals surface area contributed by atoms with Gasteiger partial charge in [-0.3, -0.25) is 4.79 Å². The molecule has 0 unspecified atom stereocenters. The third kappa shape index (κ3) is 1.80. The van der Waals surface area contributed by atoms with Crippen LogP contribution in [0.25, 0.3) is 0 Å². The SMILES string of the molecule is O=C(O)CN1c2ccccc2Sc2nccnc21. The Balaban J connectivity index is 2.14. The van der Waals surface area contributed by atoms with Crippen LogP contribution in [0.15, 0.2) is 46.6 Å². The van der Waals surface area contributed by atoms with Gasteiger partial charge in [0.25, 0.3) is 0 Å². The molecule has 0 amide bonds. The van der Waals surface area contributed by atoms with E-state index in [1.54, 1.807) is 17.3 Å². The van der Waals surface area contributed by atoms with Crippen molar-refractivity contribution in [2.45, 2.75) is 9.92 Å². The molecule has 0 spiro atoms. The zero-order valence-corrected chi connectivity index (χ0v) is 10.1. The Morgan fingerprint density at radius 1 is 1.28 bits per heavy atom. The number of aromatic nitrogens is 2. The van der Waals surface area contributed by atoms with E-state index in [1.807, 2.05) is 24.3 Å². The van der Waals surface area contributed by atoms with E-state index in [9.17, 15) is 4.79 Å². The third-order valence-electron chi connectivity index (χ3n) is 2.56. The van der Waals surface area contributed by atoms with Gasteiger partial charge >= 0.3 is 5.97 Å². The molecule has 2 heterocycles. The number of anilines is 2. The highest BCUT2D eigenvalue weighted by atomic mass is 32.2. The Kier molecular flexibility index (Phi) is 2.64. The van der Waals surface area contributed by atoms with E-state index in [0.29, 0.717) is 5.82 Å². The predicted molar refractivity (Wildman–Crippen MR) is 67.2 cm³/mol. The summed E-state index contributed by atoms with van der Waals surface area (Å²) in [6.45, 7) is -0.122. The van der Waals surface area contributed by atoms with Gasteiger partial charge in [0.2, 0.25) is 0 Å². The standard InChI is InChI=1S/C12H9N3O2S/c16-10(17)7-15-8-3-1-2-4-9(8)18-12-11(15)13-5-6-14-12/h1-6H,7H2,(H,16,17). The van der Waals surface area contributed by atoms with E-state index in [2.05, 4.69) is 9.97 Å². The highest BCUT2D eigenvalue weighted by Crippen LogP contribution is 2.45. The Morgan fingerprint density at radius 2 is 2.06 bits per heavy atom. The summed E-state index contributed by atoms with van der Waals surface area (Å²) in [6.07, 6.45) is 3.18. The smallest absolute Gasteiger partial charge is 0.323 e. The first-order valence-corrected chi connectivity index (χ1v) is 6.14. The molecule has 1 N–H and O–H groups in total. The topological polar surface area (TPSA) is 66.3 Å². The van der Waals surface area contributed by atoms with Crippen molar-refractivity contribution >= 4 is 29.2 Å². The summed E-state index contributed by atoms with van der Waals surface area (Å²) in [4.78, 5) is 22.1. The second-order valence-electron chi connectivity index (χ2n) is 3.73. The molecule has 0 bridgehead atoms. The summed E-state index contributed by atoms with van der Waals surface area (Å²) in [5.74, 6) is -0.295. The van der Waals surface area contributed by atoms with Crippen molar-refractivity contribution in [3.05, 3.63) is 36.7 Å². The number of carbonyl (C=O) groups is 1. The molecule has 3 rings (SSSR count). The maximum atomic E-state index is 11.0. The van der Waals surface area contributed by atoms with Crippen LogP contribution < -0.4 is 4.90 Å². The van der Waals surface area contributed by atoms with Crippen LogP contribution in [-0.4, -0.2) is 27.6 Å². The van der Waals surface area contributed by atoms with E-state index < -0.39 is 5.97 Å². The fourth-order valence-corrected chi connectivity index (χ4v) is 2.86. The molecule has 0 atom stereocenters. The van der Waals surface area contributed by atoms with E-state index in [0.717, 1.165) is 15.6 Å². The van der Waals surface area contributed by atoms with Crippen LogP contribution in [0.5, 0.6) is 0 Å². The van der Waals surface area contributed by atoms with Gasteiger partial charge in [-0.1, -0.05) is 23.9 Å². The summed E-state index contributed by atoms with van der Waals surface area (Å²) in [6, 6.07) is 7.65. The first kappa shape index (κ1) is 11.0. The van der Waals surface area contributed by atoms with Crippen LogP contribution in [0.3, 0.4) is 0 Å². The summed E-state index contributed by atoms with van der Waals surface area (Å²) < 4.78 is 0. The molecule has 18 heavy (non-hydrogen) atoms. The molecule has 1 aromatic heterocycles. The van der Waals surface area contributed by atoms with E-state index >= 15 is 0 Å². The number of benzene rings is 1. The lowest BCUT2D eigenvalue weighted by Crippen LogP contribution is -2.28.